The van der Waals surface area contributed by atoms with E-state index in [1.165, 1.54) is 12.4 Å². The molecule has 2 aromatic rings. The van der Waals surface area contributed by atoms with Crippen LogP contribution < -0.4 is 5.73 Å². The fourth-order valence-electron chi connectivity index (χ4n) is 1.09. The van der Waals surface area contributed by atoms with Gasteiger partial charge in [-0.3, -0.25) is 0 Å². The molecule has 2 N–H and O–H groups in total. The van der Waals surface area contributed by atoms with Crippen LogP contribution in [0.25, 0.3) is 10.9 Å². The number of nitrogens with two attached hydrogens (primary N) is 1. The minimum atomic E-state index is -0.384. The third-order valence-electron chi connectivity index (χ3n) is 1.64. The van der Waals surface area contributed by atoms with Crippen molar-refractivity contribution in [2.45, 2.75) is 0 Å². The fourth-order valence-corrected chi connectivity index (χ4v) is 1.09. The Bertz CT molecular complexity index is 391. The van der Waals surface area contributed by atoms with E-state index >= 15 is 0 Å². The van der Waals surface area contributed by atoms with Crippen molar-refractivity contribution < 1.29 is 4.39 Å². The molecule has 0 radical (unpaired) electrons. The van der Waals surface area contributed by atoms with Crippen LogP contribution in [0.5, 0.6) is 0 Å². The van der Waals surface area contributed by atoms with Crippen LogP contribution in [0.15, 0.2) is 24.5 Å². The highest BCUT2D eigenvalue weighted by atomic mass is 19.1. The number of nitrogen functional groups attached to an aromatic ring is 1. The SMILES string of the molecule is Nc1ncnc2cccc(F)c12. The Balaban J connectivity index is 2.96. The summed E-state index contributed by atoms with van der Waals surface area (Å²) in [6.45, 7) is 0. The molecule has 0 saturated heterocycles. The second-order valence-electron chi connectivity index (χ2n) is 2.39. The van der Waals surface area contributed by atoms with Crippen molar-refractivity contribution in [3.8, 4) is 0 Å². The van der Waals surface area contributed by atoms with Crippen LogP contribution in [0.3, 0.4) is 0 Å². The molecule has 2 rings (SSSR count). The minimum absolute atomic E-state index is 0.179. The van der Waals surface area contributed by atoms with Crippen molar-refractivity contribution in [2.24, 2.45) is 0 Å². The number of anilines is 1. The van der Waals surface area contributed by atoms with Crippen molar-refractivity contribution in [3.05, 3.63) is 30.3 Å². The molecular formula is C8H6FN3. The molecule has 0 amide bonds. The summed E-state index contributed by atoms with van der Waals surface area (Å²) in [6.07, 6.45) is 1.32. The van der Waals surface area contributed by atoms with E-state index in [-0.39, 0.29) is 11.6 Å². The van der Waals surface area contributed by atoms with Gasteiger partial charge in [-0.25, -0.2) is 14.4 Å². The Morgan fingerprint density at radius 2 is 2.08 bits per heavy atom. The summed E-state index contributed by atoms with van der Waals surface area (Å²) in [5.74, 6) is -0.205. The smallest absolute Gasteiger partial charge is 0.137 e. The fraction of sp³-hybridized carbons (Fsp3) is 0. The lowest BCUT2D eigenvalue weighted by molar-refractivity contribution is 0.639. The Kier molecular flexibility index (Phi) is 1.40. The third-order valence-corrected chi connectivity index (χ3v) is 1.64. The molecule has 0 saturated carbocycles. The normalized spacial score (nSPS) is 10.4. The Morgan fingerprint density at radius 3 is 2.83 bits per heavy atom. The summed E-state index contributed by atoms with van der Waals surface area (Å²) < 4.78 is 13.1. The van der Waals surface area contributed by atoms with E-state index in [1.54, 1.807) is 12.1 Å². The van der Waals surface area contributed by atoms with Gasteiger partial charge in [0.25, 0.3) is 0 Å². The maximum Gasteiger partial charge on any atom is 0.137 e. The van der Waals surface area contributed by atoms with Gasteiger partial charge in [0, 0.05) is 0 Å². The first kappa shape index (κ1) is 6.97. The number of hydrogen-bond acceptors (Lipinski definition) is 3. The topological polar surface area (TPSA) is 51.8 Å². The summed E-state index contributed by atoms with van der Waals surface area (Å²) in [5.41, 5.74) is 6.00. The maximum atomic E-state index is 13.1. The van der Waals surface area contributed by atoms with Crippen LogP contribution in [0.2, 0.25) is 0 Å². The second kappa shape index (κ2) is 2.41. The number of nitrogens with zero attached hydrogens (tertiary/aromatic N) is 2. The number of fused-ring (bicyclic) bond motifs is 1. The molecule has 1 aromatic heterocycles. The lowest BCUT2D eigenvalue weighted by atomic mass is 10.2. The average Bonchev–Trinajstić information content (AvgIpc) is 2.04. The lowest BCUT2D eigenvalue weighted by Crippen LogP contribution is -1.94. The molecule has 1 aromatic carbocycles. The zero-order chi connectivity index (χ0) is 8.55. The number of aromatic nitrogens is 2. The first-order valence-corrected chi connectivity index (χ1v) is 3.44. The predicted octanol–water partition coefficient (Wildman–Crippen LogP) is 1.35. The van der Waals surface area contributed by atoms with Gasteiger partial charge in [-0.1, -0.05) is 6.07 Å². The van der Waals surface area contributed by atoms with E-state index in [1.807, 2.05) is 0 Å². The number of hydrogen-bond donors (Lipinski definition) is 1. The molecule has 12 heavy (non-hydrogen) atoms. The first-order valence-electron chi connectivity index (χ1n) is 3.44. The molecule has 0 aliphatic carbocycles. The summed E-state index contributed by atoms with van der Waals surface area (Å²) in [7, 11) is 0. The molecule has 0 spiro atoms. The van der Waals surface area contributed by atoms with E-state index < -0.39 is 0 Å². The van der Waals surface area contributed by atoms with E-state index in [9.17, 15) is 4.39 Å². The van der Waals surface area contributed by atoms with Crippen LogP contribution >= 0.6 is 0 Å². The van der Waals surface area contributed by atoms with Gasteiger partial charge < -0.3 is 5.73 Å². The summed E-state index contributed by atoms with van der Waals surface area (Å²) >= 11 is 0. The van der Waals surface area contributed by atoms with E-state index in [0.29, 0.717) is 10.9 Å². The summed E-state index contributed by atoms with van der Waals surface area (Å²) in [6, 6.07) is 4.61. The molecule has 0 fully saturated rings. The van der Waals surface area contributed by atoms with Gasteiger partial charge >= 0.3 is 0 Å². The van der Waals surface area contributed by atoms with Crippen LogP contribution in [0.4, 0.5) is 10.2 Å². The molecule has 0 unspecified atom stereocenters. The molecule has 0 atom stereocenters. The van der Waals surface area contributed by atoms with Gasteiger partial charge in [-0.2, -0.15) is 0 Å². The largest absolute Gasteiger partial charge is 0.383 e. The molecule has 3 nitrogen and oxygen atoms in total. The van der Waals surface area contributed by atoms with E-state index in [4.69, 9.17) is 5.73 Å². The molecule has 0 bridgehead atoms. The van der Waals surface area contributed by atoms with Crippen molar-refractivity contribution >= 4 is 16.7 Å². The monoisotopic (exact) mass is 163 g/mol. The highest BCUT2D eigenvalue weighted by Gasteiger charge is 2.04. The Hall–Kier alpha value is -1.71. The third kappa shape index (κ3) is 0.887. The highest BCUT2D eigenvalue weighted by Crippen LogP contribution is 2.18. The molecule has 4 heteroatoms. The van der Waals surface area contributed by atoms with E-state index in [2.05, 4.69) is 9.97 Å². The van der Waals surface area contributed by atoms with Crippen molar-refractivity contribution in [3.63, 3.8) is 0 Å². The van der Waals surface area contributed by atoms with Gasteiger partial charge in [0.15, 0.2) is 0 Å². The number of halogens is 1. The number of rotatable bonds is 0. The summed E-state index contributed by atoms with van der Waals surface area (Å²) in [5, 5.41) is 0.292. The van der Waals surface area contributed by atoms with Crippen molar-refractivity contribution in [2.75, 3.05) is 5.73 Å². The predicted molar refractivity (Wildman–Crippen MR) is 43.9 cm³/mol. The summed E-state index contributed by atoms with van der Waals surface area (Å²) in [4.78, 5) is 7.57. The zero-order valence-electron chi connectivity index (χ0n) is 6.16. The van der Waals surface area contributed by atoms with Gasteiger partial charge in [0.2, 0.25) is 0 Å². The van der Waals surface area contributed by atoms with Crippen LogP contribution in [-0.4, -0.2) is 9.97 Å². The lowest BCUT2D eigenvalue weighted by Gasteiger charge is -1.99. The quantitative estimate of drug-likeness (QED) is 0.637. The Morgan fingerprint density at radius 1 is 1.25 bits per heavy atom. The molecule has 0 aliphatic heterocycles. The molecule has 0 aliphatic rings. The zero-order valence-corrected chi connectivity index (χ0v) is 6.16. The van der Waals surface area contributed by atoms with E-state index in [0.717, 1.165) is 0 Å². The second-order valence-corrected chi connectivity index (χ2v) is 2.39. The van der Waals surface area contributed by atoms with Gasteiger partial charge in [0.1, 0.15) is 18.0 Å². The van der Waals surface area contributed by atoms with Gasteiger partial charge in [-0.15, -0.1) is 0 Å². The standard InChI is InChI=1S/C8H6FN3/c9-5-2-1-3-6-7(5)8(10)12-4-11-6/h1-4H,(H2,10,11,12). The minimum Gasteiger partial charge on any atom is -0.383 e. The Labute approximate surface area is 68.1 Å². The van der Waals surface area contributed by atoms with Crippen LogP contribution in [0, 0.1) is 5.82 Å². The molecule has 60 valence electrons. The molecule has 1 heterocycles. The highest BCUT2D eigenvalue weighted by molar-refractivity contribution is 5.88. The van der Waals surface area contributed by atoms with Crippen molar-refractivity contribution in [1.29, 1.82) is 0 Å². The van der Waals surface area contributed by atoms with Gasteiger partial charge in [-0.05, 0) is 12.1 Å². The van der Waals surface area contributed by atoms with Crippen molar-refractivity contribution in [1.82, 2.24) is 9.97 Å². The number of benzene rings is 1. The first-order chi connectivity index (χ1) is 5.79. The van der Waals surface area contributed by atoms with Crippen LogP contribution in [0.1, 0.15) is 0 Å². The van der Waals surface area contributed by atoms with Gasteiger partial charge in [0.05, 0.1) is 10.9 Å². The average molecular weight is 163 g/mol. The molecular weight excluding hydrogens is 157 g/mol. The maximum absolute atomic E-state index is 13.1. The van der Waals surface area contributed by atoms with Crippen LogP contribution in [-0.2, 0) is 0 Å².